The lowest BCUT2D eigenvalue weighted by Gasteiger charge is -2.20. The van der Waals surface area contributed by atoms with Gasteiger partial charge < -0.3 is 20.3 Å². The third-order valence-corrected chi connectivity index (χ3v) is 17.5. The number of hydrogen-bond donors (Lipinski definition) is 3. The van der Waals surface area contributed by atoms with Crippen LogP contribution in [0.2, 0.25) is 0 Å². The first-order chi connectivity index (χ1) is 40.0. The summed E-state index contributed by atoms with van der Waals surface area (Å²) < 4.78 is 5.48. The number of ether oxygens (including phenoxy) is 1. The number of aliphatic hydroxyl groups is 2. The van der Waals surface area contributed by atoms with Crippen molar-refractivity contribution in [2.45, 2.75) is 431 Å². The Morgan fingerprint density at radius 1 is 0.333 bits per heavy atom. The number of rotatable bonds is 70. The molecule has 3 N–H and O–H groups in total. The Bertz CT molecular complexity index is 1270. The van der Waals surface area contributed by atoms with Crippen LogP contribution >= 0.6 is 0 Å². The molecule has 0 aromatic heterocycles. The van der Waals surface area contributed by atoms with Crippen LogP contribution in [-0.4, -0.2) is 47.4 Å². The van der Waals surface area contributed by atoms with Gasteiger partial charge in [0.25, 0.3) is 0 Å². The lowest BCUT2D eigenvalue weighted by Crippen LogP contribution is -2.45. The molecule has 2 atom stereocenters. The molecule has 0 aliphatic rings. The largest absolute Gasteiger partial charge is 0.466 e. The molecular formula is C75H145NO5. The molecular weight excluding hydrogens is 995 g/mol. The Kier molecular flexibility index (Phi) is 69.4. The molecule has 1 amide bonds. The Balaban J connectivity index is 3.36. The van der Waals surface area contributed by atoms with Crippen molar-refractivity contribution in [2.24, 2.45) is 0 Å². The number of amides is 1. The molecule has 480 valence electrons. The summed E-state index contributed by atoms with van der Waals surface area (Å²) in [6, 6.07) is -0.625. The Labute approximate surface area is 507 Å². The highest BCUT2D eigenvalue weighted by Gasteiger charge is 2.18. The van der Waals surface area contributed by atoms with Gasteiger partial charge in [0.15, 0.2) is 0 Å². The smallest absolute Gasteiger partial charge is 0.305 e. The fourth-order valence-electron chi connectivity index (χ4n) is 11.8. The number of unbranched alkanes of at least 4 members (excludes halogenated alkanes) is 57. The van der Waals surface area contributed by atoms with Crippen LogP contribution in [0.25, 0.3) is 0 Å². The van der Waals surface area contributed by atoms with Crippen molar-refractivity contribution in [3.8, 4) is 0 Å². The molecule has 0 saturated carbocycles. The summed E-state index contributed by atoms with van der Waals surface area (Å²) in [6.07, 6.45) is 90.0. The Morgan fingerprint density at radius 3 is 0.877 bits per heavy atom. The van der Waals surface area contributed by atoms with E-state index in [9.17, 15) is 19.8 Å². The van der Waals surface area contributed by atoms with Crippen molar-refractivity contribution in [3.63, 3.8) is 0 Å². The quantitative estimate of drug-likeness (QED) is 0.0320. The summed E-state index contributed by atoms with van der Waals surface area (Å²) in [7, 11) is 0. The first kappa shape index (κ1) is 79.3. The summed E-state index contributed by atoms with van der Waals surface area (Å²) in [4.78, 5) is 24.5. The summed E-state index contributed by atoms with van der Waals surface area (Å²) >= 11 is 0. The second-order valence-corrected chi connectivity index (χ2v) is 25.6. The minimum atomic E-state index is -0.842. The molecule has 2 unspecified atom stereocenters. The van der Waals surface area contributed by atoms with Gasteiger partial charge >= 0.3 is 5.97 Å². The first-order valence-electron chi connectivity index (χ1n) is 37.1. The highest BCUT2D eigenvalue weighted by atomic mass is 16.5. The number of nitrogens with one attached hydrogen (secondary N) is 1. The van der Waals surface area contributed by atoms with Gasteiger partial charge in [0.2, 0.25) is 5.91 Å². The Hall–Kier alpha value is -1.66. The van der Waals surface area contributed by atoms with Gasteiger partial charge in [-0.15, -0.1) is 0 Å². The molecule has 0 radical (unpaired) electrons. The van der Waals surface area contributed by atoms with E-state index in [1.54, 1.807) is 6.08 Å². The van der Waals surface area contributed by atoms with E-state index in [1.807, 2.05) is 6.08 Å². The molecule has 0 spiro atoms. The molecule has 0 bridgehead atoms. The van der Waals surface area contributed by atoms with Gasteiger partial charge in [0.1, 0.15) is 0 Å². The van der Waals surface area contributed by atoms with E-state index in [0.717, 1.165) is 38.5 Å². The van der Waals surface area contributed by atoms with Crippen LogP contribution in [0.4, 0.5) is 0 Å². The van der Waals surface area contributed by atoms with E-state index >= 15 is 0 Å². The fraction of sp³-hybridized carbons (Fsp3) is 0.920. The molecule has 6 nitrogen and oxygen atoms in total. The normalized spacial score (nSPS) is 12.6. The SMILES string of the molecule is CCCCCCCCCCCCCCCCCC/C=C/C(O)C(CO)NC(=O)CCCCCCCCCCCCCCCCCCC/C=C\CCCCCCCCCCCCCCCCOC(=O)CCCCCCCCCCCCC. The van der Waals surface area contributed by atoms with Gasteiger partial charge in [-0.25, -0.2) is 0 Å². The predicted octanol–water partition coefficient (Wildman–Crippen LogP) is 24.1. The highest BCUT2D eigenvalue weighted by Crippen LogP contribution is 2.19. The molecule has 6 heteroatoms. The Morgan fingerprint density at radius 2 is 0.580 bits per heavy atom. The van der Waals surface area contributed by atoms with E-state index in [4.69, 9.17) is 4.74 Å². The number of allylic oxidation sites excluding steroid dienone is 3. The van der Waals surface area contributed by atoms with Crippen LogP contribution in [0.15, 0.2) is 24.3 Å². The minimum absolute atomic E-state index is 0.0203. The van der Waals surface area contributed by atoms with Crippen molar-refractivity contribution in [3.05, 3.63) is 24.3 Å². The molecule has 0 saturated heterocycles. The zero-order valence-electron chi connectivity index (χ0n) is 55.0. The standard InChI is InChI=1S/C75H145NO5/c1-3-5-7-9-11-13-15-16-17-18-38-41-44-48-51-55-59-63-67-73(78)72(71-77)76-74(79)68-64-60-56-52-49-45-42-39-36-34-32-30-28-26-24-22-20-19-21-23-25-27-29-31-33-35-37-40-43-46-50-54-58-62-66-70-81-75(80)69-65-61-57-53-47-14-12-10-8-6-4-2/h21,23,63,67,72-73,77-78H,3-20,22,24-62,64-66,68-71H2,1-2H3,(H,76,79)/b23-21-,67-63+. The number of carbonyl (C=O) groups is 2. The van der Waals surface area contributed by atoms with Crippen LogP contribution in [0.3, 0.4) is 0 Å². The summed E-state index contributed by atoms with van der Waals surface area (Å²) in [5.41, 5.74) is 0. The lowest BCUT2D eigenvalue weighted by molar-refractivity contribution is -0.143. The van der Waals surface area contributed by atoms with Gasteiger partial charge in [0, 0.05) is 12.8 Å². The van der Waals surface area contributed by atoms with Crippen LogP contribution in [0, 0.1) is 0 Å². The molecule has 0 heterocycles. The van der Waals surface area contributed by atoms with E-state index in [1.165, 1.54) is 353 Å². The van der Waals surface area contributed by atoms with Gasteiger partial charge in [-0.05, 0) is 57.8 Å². The monoisotopic (exact) mass is 1140 g/mol. The zero-order valence-corrected chi connectivity index (χ0v) is 55.0. The molecule has 0 fully saturated rings. The summed E-state index contributed by atoms with van der Waals surface area (Å²) in [5.74, 6) is -0.0403. The first-order valence-corrected chi connectivity index (χ1v) is 37.1. The van der Waals surface area contributed by atoms with Crippen molar-refractivity contribution < 1.29 is 24.5 Å². The van der Waals surface area contributed by atoms with Crippen LogP contribution in [-0.2, 0) is 14.3 Å². The number of hydrogen-bond acceptors (Lipinski definition) is 5. The topological polar surface area (TPSA) is 95.9 Å². The van der Waals surface area contributed by atoms with E-state index in [0.29, 0.717) is 19.4 Å². The zero-order chi connectivity index (χ0) is 58.5. The molecule has 81 heavy (non-hydrogen) atoms. The third-order valence-electron chi connectivity index (χ3n) is 17.5. The lowest BCUT2D eigenvalue weighted by atomic mass is 10.0. The third kappa shape index (κ3) is 67.3. The second-order valence-electron chi connectivity index (χ2n) is 25.6. The average Bonchev–Trinajstić information content (AvgIpc) is 3.47. The second kappa shape index (κ2) is 70.8. The van der Waals surface area contributed by atoms with E-state index in [2.05, 4.69) is 31.3 Å². The number of carbonyl (C=O) groups excluding carboxylic acids is 2. The molecule has 0 aromatic carbocycles. The van der Waals surface area contributed by atoms with Crippen LogP contribution < -0.4 is 5.32 Å². The summed E-state index contributed by atoms with van der Waals surface area (Å²) in [5, 5.41) is 23.2. The molecule has 0 aliphatic carbocycles. The molecule has 0 rings (SSSR count). The predicted molar refractivity (Wildman–Crippen MR) is 356 cm³/mol. The van der Waals surface area contributed by atoms with Crippen LogP contribution in [0.1, 0.15) is 418 Å². The average molecular weight is 1140 g/mol. The van der Waals surface area contributed by atoms with Gasteiger partial charge in [-0.2, -0.15) is 0 Å². The van der Waals surface area contributed by atoms with Gasteiger partial charge in [-0.1, -0.05) is 372 Å². The molecule has 0 aromatic rings. The summed E-state index contributed by atoms with van der Waals surface area (Å²) in [6.45, 7) is 4.94. The van der Waals surface area contributed by atoms with Crippen molar-refractivity contribution in [1.82, 2.24) is 5.32 Å². The van der Waals surface area contributed by atoms with Gasteiger partial charge in [0.05, 0.1) is 25.4 Å². The van der Waals surface area contributed by atoms with E-state index < -0.39 is 12.1 Å². The number of aliphatic hydroxyl groups excluding tert-OH is 2. The van der Waals surface area contributed by atoms with Crippen LogP contribution in [0.5, 0.6) is 0 Å². The van der Waals surface area contributed by atoms with E-state index in [-0.39, 0.29) is 18.5 Å². The maximum absolute atomic E-state index is 12.5. The molecule has 0 aliphatic heterocycles. The number of esters is 1. The minimum Gasteiger partial charge on any atom is -0.466 e. The van der Waals surface area contributed by atoms with Crippen molar-refractivity contribution in [1.29, 1.82) is 0 Å². The van der Waals surface area contributed by atoms with Crippen molar-refractivity contribution >= 4 is 11.9 Å². The van der Waals surface area contributed by atoms with Gasteiger partial charge in [-0.3, -0.25) is 9.59 Å². The fourth-order valence-corrected chi connectivity index (χ4v) is 11.8. The van der Waals surface area contributed by atoms with Crippen molar-refractivity contribution in [2.75, 3.05) is 13.2 Å². The maximum atomic E-state index is 12.5. The highest BCUT2D eigenvalue weighted by molar-refractivity contribution is 5.76. The maximum Gasteiger partial charge on any atom is 0.305 e.